The van der Waals surface area contributed by atoms with Crippen molar-refractivity contribution in [3.63, 3.8) is 0 Å². The van der Waals surface area contributed by atoms with Crippen LogP contribution in [0.25, 0.3) is 0 Å². The molecule has 1 N–H and O–H groups in total. The van der Waals surface area contributed by atoms with E-state index in [4.69, 9.17) is 4.74 Å². The molecular formula is C18H28N2O2S. The molecular weight excluding hydrogens is 308 g/mol. The molecule has 1 aliphatic rings. The van der Waals surface area contributed by atoms with Crippen LogP contribution in [0.4, 0.5) is 0 Å². The lowest BCUT2D eigenvalue weighted by atomic mass is 10.1. The lowest BCUT2D eigenvalue weighted by Gasteiger charge is -2.27. The van der Waals surface area contributed by atoms with Gasteiger partial charge in [-0.3, -0.25) is 9.69 Å². The monoisotopic (exact) mass is 336 g/mol. The molecule has 1 aromatic carbocycles. The Morgan fingerprint density at radius 3 is 2.52 bits per heavy atom. The van der Waals surface area contributed by atoms with Crippen molar-refractivity contribution in [2.24, 2.45) is 0 Å². The van der Waals surface area contributed by atoms with Crippen molar-refractivity contribution < 1.29 is 9.53 Å². The summed E-state index contributed by atoms with van der Waals surface area (Å²) in [5.74, 6) is 0.612. The molecule has 0 atom stereocenters. The highest BCUT2D eigenvalue weighted by Crippen LogP contribution is 2.22. The lowest BCUT2D eigenvalue weighted by molar-refractivity contribution is -0.118. The van der Waals surface area contributed by atoms with Gasteiger partial charge in [0.25, 0.3) is 0 Å². The summed E-state index contributed by atoms with van der Waals surface area (Å²) in [7, 11) is 0. The van der Waals surface area contributed by atoms with Crippen LogP contribution in [0.2, 0.25) is 0 Å². The Hall–Kier alpha value is -1.04. The molecule has 0 radical (unpaired) electrons. The van der Waals surface area contributed by atoms with E-state index in [0.717, 1.165) is 32.8 Å². The van der Waals surface area contributed by atoms with Gasteiger partial charge in [-0.25, -0.2) is 0 Å². The second-order valence-electron chi connectivity index (χ2n) is 6.84. The number of rotatable bonds is 6. The van der Waals surface area contributed by atoms with Crippen LogP contribution in [0.15, 0.2) is 24.3 Å². The fourth-order valence-corrected chi connectivity index (χ4v) is 3.08. The maximum atomic E-state index is 12.0. The van der Waals surface area contributed by atoms with Crippen LogP contribution in [0.1, 0.15) is 31.9 Å². The molecule has 1 aromatic rings. The fraction of sp³-hybridized carbons (Fsp3) is 0.611. The first kappa shape index (κ1) is 18.3. The van der Waals surface area contributed by atoms with Crippen molar-refractivity contribution in [1.82, 2.24) is 10.2 Å². The summed E-state index contributed by atoms with van der Waals surface area (Å²) in [5, 5.41) is 3.05. The molecule has 0 saturated carbocycles. The number of carbonyl (C=O) groups is 1. The zero-order chi connectivity index (χ0) is 16.7. The Balaban J connectivity index is 1.86. The van der Waals surface area contributed by atoms with Gasteiger partial charge in [0.1, 0.15) is 0 Å². The van der Waals surface area contributed by atoms with Gasteiger partial charge in [-0.15, -0.1) is 11.8 Å². The summed E-state index contributed by atoms with van der Waals surface area (Å²) < 4.78 is 5.52. The standard InChI is InChI=1S/C18H28N2O2S/c1-18(2,3)23-14-17(21)19-12-15-6-4-5-7-16(15)13-20-8-10-22-11-9-20/h4-7H,8-14H2,1-3H3,(H,19,21). The van der Waals surface area contributed by atoms with Crippen molar-refractivity contribution in [3.8, 4) is 0 Å². The second kappa shape index (κ2) is 8.71. The number of hydrogen-bond donors (Lipinski definition) is 1. The van der Waals surface area contributed by atoms with E-state index >= 15 is 0 Å². The molecule has 5 heteroatoms. The van der Waals surface area contributed by atoms with Gasteiger partial charge in [-0.2, -0.15) is 0 Å². The van der Waals surface area contributed by atoms with Crippen LogP contribution in [-0.4, -0.2) is 47.6 Å². The number of nitrogens with zero attached hydrogens (tertiary/aromatic N) is 1. The van der Waals surface area contributed by atoms with E-state index in [-0.39, 0.29) is 10.7 Å². The van der Waals surface area contributed by atoms with Gasteiger partial charge in [-0.1, -0.05) is 45.0 Å². The quantitative estimate of drug-likeness (QED) is 0.867. The summed E-state index contributed by atoms with van der Waals surface area (Å²) in [4.78, 5) is 14.4. The second-order valence-corrected chi connectivity index (χ2v) is 8.64. The third kappa shape index (κ3) is 6.94. The number of nitrogens with one attached hydrogen (secondary N) is 1. The van der Waals surface area contributed by atoms with Crippen LogP contribution in [0.5, 0.6) is 0 Å². The minimum atomic E-state index is 0.103. The first-order chi connectivity index (χ1) is 10.9. The van der Waals surface area contributed by atoms with Gasteiger partial charge in [-0.05, 0) is 11.1 Å². The molecule has 0 aromatic heterocycles. The Kier molecular flexibility index (Phi) is 6.93. The van der Waals surface area contributed by atoms with Crippen molar-refractivity contribution in [2.75, 3.05) is 32.1 Å². The number of amides is 1. The molecule has 4 nitrogen and oxygen atoms in total. The van der Waals surface area contributed by atoms with Crippen molar-refractivity contribution in [3.05, 3.63) is 35.4 Å². The Bertz CT molecular complexity index is 508. The number of thioether (sulfide) groups is 1. The molecule has 1 fully saturated rings. The SMILES string of the molecule is CC(C)(C)SCC(=O)NCc1ccccc1CN1CCOCC1. The molecule has 0 aliphatic carbocycles. The highest BCUT2D eigenvalue weighted by atomic mass is 32.2. The minimum Gasteiger partial charge on any atom is -0.379 e. The molecule has 1 aliphatic heterocycles. The highest BCUT2D eigenvalue weighted by Gasteiger charge is 2.15. The highest BCUT2D eigenvalue weighted by molar-refractivity contribution is 8.01. The first-order valence-corrected chi connectivity index (χ1v) is 9.20. The molecule has 1 saturated heterocycles. The third-order valence-electron chi connectivity index (χ3n) is 3.73. The normalized spacial score (nSPS) is 16.3. The number of ether oxygens (including phenoxy) is 1. The molecule has 0 spiro atoms. The van der Waals surface area contributed by atoms with E-state index in [1.807, 2.05) is 6.07 Å². The van der Waals surface area contributed by atoms with Crippen LogP contribution in [0, 0.1) is 0 Å². The molecule has 1 amide bonds. The Labute approximate surface area is 144 Å². The van der Waals surface area contributed by atoms with Crippen molar-refractivity contribution in [2.45, 2.75) is 38.6 Å². The topological polar surface area (TPSA) is 41.6 Å². The van der Waals surface area contributed by atoms with E-state index < -0.39 is 0 Å². The molecule has 128 valence electrons. The van der Waals surface area contributed by atoms with Gasteiger partial charge >= 0.3 is 0 Å². The number of morpholine rings is 1. The van der Waals surface area contributed by atoms with E-state index in [9.17, 15) is 4.79 Å². The summed E-state index contributed by atoms with van der Waals surface area (Å²) in [6.45, 7) is 11.5. The first-order valence-electron chi connectivity index (χ1n) is 8.21. The average Bonchev–Trinajstić information content (AvgIpc) is 2.52. The predicted molar refractivity (Wildman–Crippen MR) is 96.6 cm³/mol. The van der Waals surface area contributed by atoms with Crippen LogP contribution < -0.4 is 5.32 Å². The Morgan fingerprint density at radius 2 is 1.87 bits per heavy atom. The maximum Gasteiger partial charge on any atom is 0.230 e. The van der Waals surface area contributed by atoms with Crippen LogP contribution in [-0.2, 0) is 22.6 Å². The maximum absolute atomic E-state index is 12.0. The smallest absolute Gasteiger partial charge is 0.230 e. The molecule has 2 rings (SSSR count). The lowest BCUT2D eigenvalue weighted by Crippen LogP contribution is -2.36. The molecule has 23 heavy (non-hydrogen) atoms. The number of benzene rings is 1. The minimum absolute atomic E-state index is 0.103. The van der Waals surface area contributed by atoms with Crippen molar-refractivity contribution >= 4 is 17.7 Å². The Morgan fingerprint density at radius 1 is 1.22 bits per heavy atom. The molecule has 1 heterocycles. The van der Waals surface area contributed by atoms with Gasteiger partial charge in [0, 0.05) is 30.9 Å². The van der Waals surface area contributed by atoms with E-state index in [1.54, 1.807) is 11.8 Å². The van der Waals surface area contributed by atoms with Crippen molar-refractivity contribution in [1.29, 1.82) is 0 Å². The van der Waals surface area contributed by atoms with Gasteiger partial charge in [0.05, 0.1) is 19.0 Å². The van der Waals surface area contributed by atoms with Gasteiger partial charge in [0.2, 0.25) is 5.91 Å². The van der Waals surface area contributed by atoms with E-state index in [1.165, 1.54) is 11.1 Å². The largest absolute Gasteiger partial charge is 0.379 e. The zero-order valence-electron chi connectivity index (χ0n) is 14.4. The number of carbonyl (C=O) groups excluding carboxylic acids is 1. The summed E-state index contributed by atoms with van der Waals surface area (Å²) in [6, 6.07) is 8.36. The summed E-state index contributed by atoms with van der Waals surface area (Å²) >= 11 is 1.68. The fourth-order valence-electron chi connectivity index (χ4n) is 2.41. The molecule has 0 unspecified atom stereocenters. The van der Waals surface area contributed by atoms with Crippen LogP contribution in [0.3, 0.4) is 0 Å². The summed E-state index contributed by atoms with van der Waals surface area (Å²) in [5.41, 5.74) is 2.49. The predicted octanol–water partition coefficient (Wildman–Crippen LogP) is 2.67. The van der Waals surface area contributed by atoms with Gasteiger partial charge in [0.15, 0.2) is 0 Å². The van der Waals surface area contributed by atoms with E-state index in [2.05, 4.69) is 49.2 Å². The number of hydrogen-bond acceptors (Lipinski definition) is 4. The summed E-state index contributed by atoms with van der Waals surface area (Å²) in [6.07, 6.45) is 0. The van der Waals surface area contributed by atoms with E-state index in [0.29, 0.717) is 12.3 Å². The zero-order valence-corrected chi connectivity index (χ0v) is 15.2. The third-order valence-corrected chi connectivity index (χ3v) is 5.00. The average molecular weight is 337 g/mol. The molecule has 0 bridgehead atoms. The van der Waals surface area contributed by atoms with Gasteiger partial charge < -0.3 is 10.1 Å². The van der Waals surface area contributed by atoms with Crippen LogP contribution >= 0.6 is 11.8 Å².